The lowest BCUT2D eigenvalue weighted by atomic mass is 9.99. The first kappa shape index (κ1) is 16.4. The molecule has 0 bridgehead atoms. The Labute approximate surface area is 143 Å². The molecule has 0 spiro atoms. The molecule has 3 aromatic rings. The van der Waals surface area contributed by atoms with E-state index in [0.29, 0.717) is 11.8 Å². The van der Waals surface area contributed by atoms with Crippen LogP contribution in [0.15, 0.2) is 59.0 Å². The molecule has 1 heterocycles. The van der Waals surface area contributed by atoms with Gasteiger partial charge in [0.05, 0.1) is 6.04 Å². The first-order chi connectivity index (χ1) is 11.7. The second-order valence-corrected chi connectivity index (χ2v) is 6.00. The van der Waals surface area contributed by atoms with Gasteiger partial charge in [-0.15, -0.1) is 10.2 Å². The molecule has 0 aliphatic heterocycles. The predicted octanol–water partition coefficient (Wildman–Crippen LogP) is 4.49. The first-order valence-corrected chi connectivity index (χ1v) is 8.35. The first-order valence-electron chi connectivity index (χ1n) is 8.35. The molecule has 0 saturated carbocycles. The fraction of sp³-hybridized carbons (Fsp3) is 0.300. The van der Waals surface area contributed by atoms with E-state index in [1.807, 2.05) is 13.0 Å². The zero-order valence-corrected chi connectivity index (χ0v) is 14.4. The van der Waals surface area contributed by atoms with Crippen molar-refractivity contribution < 1.29 is 4.42 Å². The molecule has 4 heteroatoms. The van der Waals surface area contributed by atoms with E-state index >= 15 is 0 Å². The summed E-state index contributed by atoms with van der Waals surface area (Å²) >= 11 is 0. The molecular weight excluding hydrogens is 298 g/mol. The van der Waals surface area contributed by atoms with Crippen LogP contribution >= 0.6 is 0 Å². The van der Waals surface area contributed by atoms with Crippen LogP contribution in [0.1, 0.15) is 37.2 Å². The molecule has 0 saturated heterocycles. The van der Waals surface area contributed by atoms with Crippen molar-refractivity contribution in [3.05, 3.63) is 71.9 Å². The van der Waals surface area contributed by atoms with Crippen LogP contribution in [0.4, 0.5) is 0 Å². The van der Waals surface area contributed by atoms with E-state index in [-0.39, 0.29) is 6.04 Å². The Morgan fingerprint density at radius 2 is 1.71 bits per heavy atom. The Balaban J connectivity index is 1.81. The summed E-state index contributed by atoms with van der Waals surface area (Å²) in [4.78, 5) is 2.23. The maximum Gasteiger partial charge on any atom is 0.233 e. The molecule has 0 N–H and O–H groups in total. The monoisotopic (exact) mass is 321 g/mol. The number of aromatic nitrogens is 2. The average Bonchev–Trinajstić information content (AvgIpc) is 3.11. The second-order valence-electron chi connectivity index (χ2n) is 6.00. The van der Waals surface area contributed by atoms with Gasteiger partial charge in [0.15, 0.2) is 0 Å². The van der Waals surface area contributed by atoms with E-state index in [0.717, 1.165) is 13.0 Å². The SMILES string of the molecule is CCc1nnc(C(C)N(C)Cc2ccccc2-c2ccccc2)o1. The molecule has 0 radical (unpaired) electrons. The highest BCUT2D eigenvalue weighted by Crippen LogP contribution is 2.27. The molecule has 1 unspecified atom stereocenters. The summed E-state index contributed by atoms with van der Waals surface area (Å²) in [5.74, 6) is 1.36. The highest BCUT2D eigenvalue weighted by Gasteiger charge is 2.19. The van der Waals surface area contributed by atoms with Crippen molar-refractivity contribution in [2.45, 2.75) is 32.9 Å². The molecule has 0 aliphatic carbocycles. The third kappa shape index (κ3) is 3.54. The molecule has 2 aromatic carbocycles. The minimum atomic E-state index is 0.0710. The summed E-state index contributed by atoms with van der Waals surface area (Å²) in [6, 6.07) is 19.1. The summed E-state index contributed by atoms with van der Waals surface area (Å²) < 4.78 is 5.70. The van der Waals surface area contributed by atoms with Gasteiger partial charge in [0.2, 0.25) is 11.8 Å². The Morgan fingerprint density at radius 3 is 2.42 bits per heavy atom. The van der Waals surface area contributed by atoms with Crippen LogP contribution in [0.25, 0.3) is 11.1 Å². The summed E-state index contributed by atoms with van der Waals surface area (Å²) in [5, 5.41) is 8.24. The van der Waals surface area contributed by atoms with Gasteiger partial charge < -0.3 is 4.42 Å². The third-order valence-electron chi connectivity index (χ3n) is 4.33. The number of hydrogen-bond donors (Lipinski definition) is 0. The van der Waals surface area contributed by atoms with Gasteiger partial charge in [-0.25, -0.2) is 0 Å². The van der Waals surface area contributed by atoms with Gasteiger partial charge in [-0.2, -0.15) is 0 Å². The second kappa shape index (κ2) is 7.41. The minimum absolute atomic E-state index is 0.0710. The summed E-state index contributed by atoms with van der Waals surface area (Å²) in [5.41, 5.74) is 3.78. The van der Waals surface area contributed by atoms with E-state index in [9.17, 15) is 0 Å². The van der Waals surface area contributed by atoms with Crippen LogP contribution in [0, 0.1) is 0 Å². The molecule has 24 heavy (non-hydrogen) atoms. The van der Waals surface area contributed by atoms with Crippen molar-refractivity contribution in [2.75, 3.05) is 7.05 Å². The zero-order chi connectivity index (χ0) is 16.9. The number of aryl methyl sites for hydroxylation is 1. The van der Waals surface area contributed by atoms with Crippen molar-refractivity contribution in [1.29, 1.82) is 0 Å². The molecule has 0 amide bonds. The van der Waals surface area contributed by atoms with Crippen LogP contribution in [-0.2, 0) is 13.0 Å². The lowest BCUT2D eigenvalue weighted by Gasteiger charge is -2.23. The molecule has 0 aliphatic rings. The molecule has 4 nitrogen and oxygen atoms in total. The molecule has 1 atom stereocenters. The van der Waals surface area contributed by atoms with Gasteiger partial charge in [0, 0.05) is 13.0 Å². The number of nitrogens with zero attached hydrogens (tertiary/aromatic N) is 3. The molecular formula is C20H23N3O. The summed E-state index contributed by atoms with van der Waals surface area (Å²) in [6.45, 7) is 4.93. The lowest BCUT2D eigenvalue weighted by molar-refractivity contribution is 0.214. The van der Waals surface area contributed by atoms with Crippen molar-refractivity contribution in [1.82, 2.24) is 15.1 Å². The van der Waals surface area contributed by atoms with Gasteiger partial charge in [0.1, 0.15) is 0 Å². The average molecular weight is 321 g/mol. The highest BCUT2D eigenvalue weighted by molar-refractivity contribution is 5.67. The molecule has 3 rings (SSSR count). The lowest BCUT2D eigenvalue weighted by Crippen LogP contribution is -2.22. The Bertz CT molecular complexity index is 782. The standard InChI is InChI=1S/C20H23N3O/c1-4-19-21-22-20(24-19)15(2)23(3)14-17-12-8-9-13-18(17)16-10-6-5-7-11-16/h5-13,15H,4,14H2,1-3H3. The summed E-state index contributed by atoms with van der Waals surface area (Å²) in [7, 11) is 2.09. The van der Waals surface area contributed by atoms with Gasteiger partial charge in [-0.3, -0.25) is 4.90 Å². The van der Waals surface area contributed by atoms with Crippen LogP contribution in [0.5, 0.6) is 0 Å². The largest absolute Gasteiger partial charge is 0.424 e. The van der Waals surface area contributed by atoms with Crippen molar-refractivity contribution in [2.24, 2.45) is 0 Å². The van der Waals surface area contributed by atoms with E-state index in [4.69, 9.17) is 4.42 Å². The van der Waals surface area contributed by atoms with Crippen molar-refractivity contribution in [3.8, 4) is 11.1 Å². The van der Waals surface area contributed by atoms with E-state index in [1.165, 1.54) is 16.7 Å². The minimum Gasteiger partial charge on any atom is -0.424 e. The molecule has 0 fully saturated rings. The van der Waals surface area contributed by atoms with Crippen LogP contribution < -0.4 is 0 Å². The number of rotatable bonds is 6. The van der Waals surface area contributed by atoms with Gasteiger partial charge in [0.25, 0.3) is 0 Å². The van der Waals surface area contributed by atoms with E-state index in [1.54, 1.807) is 0 Å². The number of benzene rings is 2. The maximum atomic E-state index is 5.70. The van der Waals surface area contributed by atoms with Crippen molar-refractivity contribution >= 4 is 0 Å². The van der Waals surface area contributed by atoms with E-state index in [2.05, 4.69) is 77.6 Å². The Kier molecular flexibility index (Phi) is 5.06. The fourth-order valence-electron chi connectivity index (χ4n) is 2.73. The van der Waals surface area contributed by atoms with Crippen LogP contribution in [-0.4, -0.2) is 22.1 Å². The number of hydrogen-bond acceptors (Lipinski definition) is 4. The smallest absolute Gasteiger partial charge is 0.233 e. The molecule has 1 aromatic heterocycles. The Hall–Kier alpha value is -2.46. The van der Waals surface area contributed by atoms with Gasteiger partial charge >= 0.3 is 0 Å². The predicted molar refractivity (Wildman–Crippen MR) is 95.4 cm³/mol. The third-order valence-corrected chi connectivity index (χ3v) is 4.33. The molecule has 124 valence electrons. The highest BCUT2D eigenvalue weighted by atomic mass is 16.4. The van der Waals surface area contributed by atoms with Crippen LogP contribution in [0.2, 0.25) is 0 Å². The fourth-order valence-corrected chi connectivity index (χ4v) is 2.73. The Morgan fingerprint density at radius 1 is 1.00 bits per heavy atom. The quantitative estimate of drug-likeness (QED) is 0.671. The maximum absolute atomic E-state index is 5.70. The normalized spacial score (nSPS) is 12.5. The van der Waals surface area contributed by atoms with Crippen LogP contribution in [0.3, 0.4) is 0 Å². The topological polar surface area (TPSA) is 42.2 Å². The van der Waals surface area contributed by atoms with E-state index < -0.39 is 0 Å². The zero-order valence-electron chi connectivity index (χ0n) is 14.4. The van der Waals surface area contributed by atoms with Gasteiger partial charge in [-0.05, 0) is 30.7 Å². The van der Waals surface area contributed by atoms with Gasteiger partial charge in [-0.1, -0.05) is 61.5 Å². The summed E-state index contributed by atoms with van der Waals surface area (Å²) in [6.07, 6.45) is 0.764. The van der Waals surface area contributed by atoms with Crippen molar-refractivity contribution in [3.63, 3.8) is 0 Å².